The number of benzene rings is 1. The third-order valence-electron chi connectivity index (χ3n) is 2.72. The number of methoxy groups -OCH3 is 1. The molecule has 1 aromatic heterocycles. The van der Waals surface area contributed by atoms with Crippen LogP contribution in [0.4, 0.5) is 0 Å². The first kappa shape index (κ1) is 11.7. The highest BCUT2D eigenvalue weighted by atomic mass is 16.5. The zero-order valence-corrected chi connectivity index (χ0v) is 10.4. The van der Waals surface area contributed by atoms with Crippen molar-refractivity contribution < 1.29 is 4.74 Å². The molecule has 1 aromatic carbocycles. The highest BCUT2D eigenvalue weighted by Gasteiger charge is 2.10. The monoisotopic (exact) mass is 231 g/mol. The number of rotatable bonds is 3. The Morgan fingerprint density at radius 1 is 1.29 bits per heavy atom. The maximum absolute atomic E-state index is 5.66. The first-order valence-electron chi connectivity index (χ1n) is 5.56. The first-order valence-corrected chi connectivity index (χ1v) is 5.56. The molecule has 0 aliphatic rings. The third-order valence-corrected chi connectivity index (χ3v) is 2.72. The largest absolute Gasteiger partial charge is 0.494 e. The van der Waals surface area contributed by atoms with Crippen LogP contribution in [0.15, 0.2) is 24.3 Å². The van der Waals surface area contributed by atoms with Gasteiger partial charge in [0.15, 0.2) is 0 Å². The Kier molecular flexibility index (Phi) is 3.15. The normalized spacial score (nSPS) is 10.6. The molecule has 0 unspecified atom stereocenters. The van der Waals surface area contributed by atoms with E-state index in [2.05, 4.69) is 5.10 Å². The van der Waals surface area contributed by atoms with Crippen molar-refractivity contribution in [1.29, 1.82) is 0 Å². The molecule has 4 nitrogen and oxygen atoms in total. The van der Waals surface area contributed by atoms with Crippen LogP contribution in [0, 0.1) is 13.8 Å². The third kappa shape index (κ3) is 2.17. The van der Waals surface area contributed by atoms with Gasteiger partial charge in [-0.05, 0) is 37.6 Å². The summed E-state index contributed by atoms with van der Waals surface area (Å²) < 4.78 is 7.24. The predicted molar refractivity (Wildman–Crippen MR) is 67.5 cm³/mol. The molecule has 0 bridgehead atoms. The highest BCUT2D eigenvalue weighted by molar-refractivity contribution is 5.49. The second-order valence-corrected chi connectivity index (χ2v) is 4.05. The summed E-state index contributed by atoms with van der Waals surface area (Å²) in [6.45, 7) is 4.51. The van der Waals surface area contributed by atoms with Crippen molar-refractivity contribution in [3.63, 3.8) is 0 Å². The van der Waals surface area contributed by atoms with Gasteiger partial charge in [-0.2, -0.15) is 5.10 Å². The molecule has 0 aliphatic heterocycles. The van der Waals surface area contributed by atoms with E-state index in [9.17, 15) is 0 Å². The molecule has 0 spiro atoms. The van der Waals surface area contributed by atoms with Gasteiger partial charge in [0, 0.05) is 12.2 Å². The van der Waals surface area contributed by atoms with Gasteiger partial charge < -0.3 is 10.5 Å². The van der Waals surface area contributed by atoms with E-state index in [1.165, 1.54) is 0 Å². The average Bonchev–Trinajstić information content (AvgIpc) is 2.67. The van der Waals surface area contributed by atoms with Crippen LogP contribution in [0.3, 0.4) is 0 Å². The van der Waals surface area contributed by atoms with Crippen LogP contribution in [0.2, 0.25) is 0 Å². The molecule has 4 heteroatoms. The molecule has 0 saturated heterocycles. The summed E-state index contributed by atoms with van der Waals surface area (Å²) in [4.78, 5) is 0. The van der Waals surface area contributed by atoms with Gasteiger partial charge in [0.2, 0.25) is 0 Å². The van der Waals surface area contributed by atoms with Crippen LogP contribution < -0.4 is 10.5 Å². The summed E-state index contributed by atoms with van der Waals surface area (Å²) >= 11 is 0. The molecule has 0 fully saturated rings. The summed E-state index contributed by atoms with van der Waals surface area (Å²) in [7, 11) is 1.66. The summed E-state index contributed by atoms with van der Waals surface area (Å²) in [5.41, 5.74) is 9.72. The van der Waals surface area contributed by atoms with E-state index in [1.807, 2.05) is 42.8 Å². The summed E-state index contributed by atoms with van der Waals surface area (Å²) in [6.07, 6.45) is 0. The Hall–Kier alpha value is -1.81. The van der Waals surface area contributed by atoms with E-state index < -0.39 is 0 Å². The lowest BCUT2D eigenvalue weighted by Crippen LogP contribution is -2.04. The molecule has 17 heavy (non-hydrogen) atoms. The second kappa shape index (κ2) is 4.59. The lowest BCUT2D eigenvalue weighted by Gasteiger charge is -2.11. The van der Waals surface area contributed by atoms with Gasteiger partial charge in [-0.25, -0.2) is 4.68 Å². The minimum Gasteiger partial charge on any atom is -0.494 e. The molecule has 2 rings (SSSR count). The zero-order chi connectivity index (χ0) is 12.4. The molecule has 0 atom stereocenters. The number of nitrogens with two attached hydrogens (primary N) is 1. The lowest BCUT2D eigenvalue weighted by molar-refractivity contribution is 0.411. The van der Waals surface area contributed by atoms with Crippen LogP contribution in [-0.4, -0.2) is 16.9 Å². The van der Waals surface area contributed by atoms with Gasteiger partial charge in [-0.1, -0.05) is 6.07 Å². The summed E-state index contributed by atoms with van der Waals surface area (Å²) in [5.74, 6) is 0.799. The van der Waals surface area contributed by atoms with Crippen molar-refractivity contribution in [2.45, 2.75) is 20.4 Å². The predicted octanol–water partition coefficient (Wildman–Crippen LogP) is 1.96. The van der Waals surface area contributed by atoms with E-state index in [0.717, 1.165) is 28.4 Å². The molecular formula is C13H17N3O. The van der Waals surface area contributed by atoms with E-state index in [1.54, 1.807) is 7.11 Å². The lowest BCUT2D eigenvalue weighted by atomic mass is 10.2. The van der Waals surface area contributed by atoms with Crippen molar-refractivity contribution in [3.8, 4) is 11.4 Å². The van der Waals surface area contributed by atoms with Crippen molar-refractivity contribution in [2.24, 2.45) is 5.73 Å². The molecule has 2 N–H and O–H groups in total. The Morgan fingerprint density at radius 2 is 2.06 bits per heavy atom. The van der Waals surface area contributed by atoms with E-state index in [4.69, 9.17) is 10.5 Å². The first-order chi connectivity index (χ1) is 8.15. The zero-order valence-electron chi connectivity index (χ0n) is 10.4. The number of aryl methyl sites for hydroxylation is 2. The van der Waals surface area contributed by atoms with Gasteiger partial charge in [0.05, 0.1) is 12.8 Å². The van der Waals surface area contributed by atoms with Gasteiger partial charge >= 0.3 is 0 Å². The molecule has 2 aromatic rings. The number of ether oxygens (including phenoxy) is 1. The fourth-order valence-corrected chi connectivity index (χ4v) is 1.90. The molecule has 0 aliphatic carbocycles. The minimum atomic E-state index is 0.510. The van der Waals surface area contributed by atoms with Crippen LogP contribution >= 0.6 is 0 Å². The fourth-order valence-electron chi connectivity index (χ4n) is 1.90. The summed E-state index contributed by atoms with van der Waals surface area (Å²) in [6, 6.07) is 7.94. The van der Waals surface area contributed by atoms with Gasteiger partial charge in [0.1, 0.15) is 11.4 Å². The molecular weight excluding hydrogens is 214 g/mol. The van der Waals surface area contributed by atoms with Crippen molar-refractivity contribution in [3.05, 3.63) is 41.2 Å². The quantitative estimate of drug-likeness (QED) is 0.878. The van der Waals surface area contributed by atoms with Crippen LogP contribution in [0.5, 0.6) is 5.75 Å². The van der Waals surface area contributed by atoms with Gasteiger partial charge in [0.25, 0.3) is 0 Å². The Morgan fingerprint density at radius 3 is 2.59 bits per heavy atom. The highest BCUT2D eigenvalue weighted by Crippen LogP contribution is 2.25. The van der Waals surface area contributed by atoms with Crippen molar-refractivity contribution in [2.75, 3.05) is 7.11 Å². The van der Waals surface area contributed by atoms with E-state index in [-0.39, 0.29) is 0 Å². The number of nitrogens with zero attached hydrogens (tertiary/aromatic N) is 2. The van der Waals surface area contributed by atoms with Gasteiger partial charge in [-0.3, -0.25) is 0 Å². The molecule has 0 amide bonds. The molecule has 90 valence electrons. The second-order valence-electron chi connectivity index (χ2n) is 4.05. The Balaban J connectivity index is 2.59. The Labute approximate surface area is 101 Å². The van der Waals surface area contributed by atoms with Crippen LogP contribution in [-0.2, 0) is 6.54 Å². The number of hydrogen-bond donors (Lipinski definition) is 1. The van der Waals surface area contributed by atoms with Crippen molar-refractivity contribution >= 4 is 0 Å². The molecule has 1 heterocycles. The molecule has 0 saturated carbocycles. The number of hydrogen-bond acceptors (Lipinski definition) is 3. The SMILES string of the molecule is COc1ccc(CN)cc1-n1nc(C)cc1C. The molecule has 0 radical (unpaired) electrons. The topological polar surface area (TPSA) is 53.1 Å². The minimum absolute atomic E-state index is 0.510. The average molecular weight is 231 g/mol. The standard InChI is InChI=1S/C13H17N3O/c1-9-6-10(2)16(15-9)12-7-11(8-14)4-5-13(12)17-3/h4-7H,8,14H2,1-3H3. The fraction of sp³-hybridized carbons (Fsp3) is 0.308. The maximum atomic E-state index is 5.66. The van der Waals surface area contributed by atoms with Crippen LogP contribution in [0.1, 0.15) is 17.0 Å². The number of aromatic nitrogens is 2. The van der Waals surface area contributed by atoms with Crippen molar-refractivity contribution in [1.82, 2.24) is 9.78 Å². The summed E-state index contributed by atoms with van der Waals surface area (Å²) in [5, 5.41) is 4.46. The van der Waals surface area contributed by atoms with E-state index in [0.29, 0.717) is 6.54 Å². The maximum Gasteiger partial charge on any atom is 0.144 e. The Bertz CT molecular complexity index is 531. The van der Waals surface area contributed by atoms with Crippen LogP contribution in [0.25, 0.3) is 5.69 Å². The van der Waals surface area contributed by atoms with E-state index >= 15 is 0 Å². The van der Waals surface area contributed by atoms with Gasteiger partial charge in [-0.15, -0.1) is 0 Å². The smallest absolute Gasteiger partial charge is 0.144 e.